The fourth-order valence-electron chi connectivity index (χ4n) is 4.03. The fraction of sp³-hybridized carbons (Fsp3) is 0.636. The Bertz CT molecular complexity index is 1010. The molecular weight excluding hydrogens is 437 g/mol. The molecule has 0 spiro atoms. The molecule has 3 amide bonds. The van der Waals surface area contributed by atoms with Crippen LogP contribution in [-0.2, 0) is 20.4 Å². The summed E-state index contributed by atoms with van der Waals surface area (Å²) in [6, 6.07) is 4.08. The lowest BCUT2D eigenvalue weighted by Gasteiger charge is -2.20. The number of unbranched alkanes of at least 4 members (excludes halogenated alkanes) is 2. The van der Waals surface area contributed by atoms with Crippen LogP contribution in [0, 0.1) is 11.7 Å². The Labute approximate surface area is 187 Å². The smallest absolute Gasteiger partial charge is 0.322 e. The van der Waals surface area contributed by atoms with Crippen LogP contribution in [0.25, 0.3) is 0 Å². The first-order valence-corrected chi connectivity index (χ1v) is 12.8. The van der Waals surface area contributed by atoms with Gasteiger partial charge in [0.05, 0.1) is 17.9 Å². The average molecular weight is 468 g/mol. The predicted molar refractivity (Wildman–Crippen MR) is 116 cm³/mol. The van der Waals surface area contributed by atoms with E-state index in [2.05, 4.69) is 15.4 Å². The number of rotatable bonds is 12. The number of sulfonamides is 1. The zero-order chi connectivity index (χ0) is 23.0. The fourth-order valence-corrected chi connectivity index (χ4v) is 5.63. The predicted octanol–water partition coefficient (Wildman–Crippen LogP) is 2.68. The summed E-state index contributed by atoms with van der Waals surface area (Å²) in [6.45, 7) is 2.15. The van der Waals surface area contributed by atoms with Crippen molar-refractivity contribution in [2.75, 3.05) is 12.4 Å². The highest BCUT2D eigenvalue weighted by atomic mass is 32.2. The molecule has 176 valence electrons. The molecule has 32 heavy (non-hydrogen) atoms. The third-order valence-electron chi connectivity index (χ3n) is 6.46. The second kappa shape index (κ2) is 8.62. The number of amides is 3. The summed E-state index contributed by atoms with van der Waals surface area (Å²) in [6.07, 6.45) is 5.64. The van der Waals surface area contributed by atoms with Crippen molar-refractivity contribution in [2.45, 2.75) is 69.4 Å². The van der Waals surface area contributed by atoms with E-state index in [9.17, 15) is 22.4 Å². The van der Waals surface area contributed by atoms with Crippen molar-refractivity contribution in [1.82, 2.24) is 15.4 Å². The summed E-state index contributed by atoms with van der Waals surface area (Å²) >= 11 is 0. The van der Waals surface area contributed by atoms with Crippen molar-refractivity contribution in [1.29, 1.82) is 0 Å². The van der Waals surface area contributed by atoms with E-state index in [1.165, 1.54) is 6.07 Å². The molecule has 0 unspecified atom stereocenters. The number of hydrogen-bond donors (Lipinski definition) is 3. The lowest BCUT2D eigenvalue weighted by molar-refractivity contribution is -0.123. The highest BCUT2D eigenvalue weighted by Crippen LogP contribution is 2.47. The zero-order valence-electron chi connectivity index (χ0n) is 18.2. The maximum absolute atomic E-state index is 14.1. The summed E-state index contributed by atoms with van der Waals surface area (Å²) in [5.74, 6) is -0.151. The maximum Gasteiger partial charge on any atom is 0.322 e. The van der Waals surface area contributed by atoms with E-state index in [0.717, 1.165) is 18.4 Å². The van der Waals surface area contributed by atoms with Gasteiger partial charge in [-0.3, -0.25) is 10.1 Å². The average Bonchev–Trinajstić information content (AvgIpc) is 3.63. The molecule has 0 aromatic heterocycles. The van der Waals surface area contributed by atoms with Crippen molar-refractivity contribution in [3.63, 3.8) is 0 Å². The maximum atomic E-state index is 14.1. The van der Waals surface area contributed by atoms with Gasteiger partial charge in [0, 0.05) is 0 Å². The minimum atomic E-state index is -3.53. The Balaban J connectivity index is 1.27. The first-order chi connectivity index (χ1) is 15.1. The van der Waals surface area contributed by atoms with Crippen LogP contribution >= 0.6 is 0 Å². The summed E-state index contributed by atoms with van der Waals surface area (Å²) in [4.78, 5) is 23.1. The van der Waals surface area contributed by atoms with Crippen LogP contribution in [0.3, 0.4) is 0 Å². The minimum Gasteiger partial charge on any atom is -0.490 e. The number of nitrogens with one attached hydrogen (secondary N) is 3. The van der Waals surface area contributed by atoms with Gasteiger partial charge in [0.2, 0.25) is 10.0 Å². The van der Waals surface area contributed by atoms with Gasteiger partial charge in [-0.15, -0.1) is 0 Å². The number of halogens is 1. The molecule has 1 aromatic carbocycles. The summed E-state index contributed by atoms with van der Waals surface area (Å²) in [5, 5.41) is 4.82. The van der Waals surface area contributed by atoms with Crippen LogP contribution < -0.4 is 20.1 Å². The second-order valence-corrected chi connectivity index (χ2v) is 11.3. The normalized spacial score (nSPS) is 24.2. The first-order valence-electron chi connectivity index (χ1n) is 11.2. The molecule has 2 saturated carbocycles. The van der Waals surface area contributed by atoms with Crippen molar-refractivity contribution >= 4 is 22.0 Å². The molecule has 1 atom stereocenters. The molecule has 8 nitrogen and oxygen atoms in total. The number of ether oxygens (including phenoxy) is 1. The Morgan fingerprint density at radius 2 is 1.94 bits per heavy atom. The number of imide groups is 1. The molecule has 0 radical (unpaired) electrons. The van der Waals surface area contributed by atoms with Crippen LogP contribution in [0.2, 0.25) is 0 Å². The second-order valence-electron chi connectivity index (χ2n) is 9.45. The molecule has 3 fully saturated rings. The van der Waals surface area contributed by atoms with E-state index >= 15 is 0 Å². The molecule has 1 aliphatic heterocycles. The van der Waals surface area contributed by atoms with Crippen molar-refractivity contribution < 1.29 is 27.1 Å². The highest BCUT2D eigenvalue weighted by Gasteiger charge is 2.47. The van der Waals surface area contributed by atoms with E-state index in [1.54, 1.807) is 19.1 Å². The van der Waals surface area contributed by atoms with Crippen LogP contribution in [0.4, 0.5) is 9.18 Å². The van der Waals surface area contributed by atoms with Crippen LogP contribution in [0.1, 0.15) is 63.9 Å². The molecule has 0 bridgehead atoms. The van der Waals surface area contributed by atoms with Gasteiger partial charge in [-0.25, -0.2) is 22.3 Å². The van der Waals surface area contributed by atoms with Gasteiger partial charge in [-0.2, -0.15) is 0 Å². The molecule has 1 aromatic rings. The van der Waals surface area contributed by atoms with Crippen LogP contribution in [0.5, 0.6) is 5.75 Å². The van der Waals surface area contributed by atoms with E-state index < -0.39 is 32.9 Å². The lowest BCUT2D eigenvalue weighted by Crippen LogP contribution is -2.43. The molecule has 2 aliphatic carbocycles. The number of carbonyl (C=O) groups excluding carboxylic acids is 2. The highest BCUT2D eigenvalue weighted by molar-refractivity contribution is 7.89. The minimum absolute atomic E-state index is 0.0315. The molecule has 1 heterocycles. The van der Waals surface area contributed by atoms with Gasteiger partial charge in [0.1, 0.15) is 5.54 Å². The third-order valence-corrected chi connectivity index (χ3v) is 7.99. The summed E-state index contributed by atoms with van der Waals surface area (Å²) < 4.78 is 47.9. The molecule has 10 heteroatoms. The Morgan fingerprint density at radius 1 is 1.19 bits per heavy atom. The topological polar surface area (TPSA) is 114 Å². The van der Waals surface area contributed by atoms with Crippen LogP contribution in [-0.4, -0.2) is 38.3 Å². The van der Waals surface area contributed by atoms with E-state index in [-0.39, 0.29) is 17.4 Å². The van der Waals surface area contributed by atoms with Gasteiger partial charge in [0.15, 0.2) is 11.6 Å². The van der Waals surface area contributed by atoms with Gasteiger partial charge in [-0.1, -0.05) is 18.9 Å². The Morgan fingerprint density at radius 3 is 2.56 bits per heavy atom. The van der Waals surface area contributed by atoms with Gasteiger partial charge in [0.25, 0.3) is 5.91 Å². The molecule has 4 rings (SSSR count). The Hall–Kier alpha value is -2.20. The standard InChI is InChI=1S/C22H30FN3O5S/c1-21(19(27)24-20(28)25-21)9-3-2-4-12-32(29,30)26-22(10-11-22)16-7-8-17(23)18(13-16)31-14-15-5-6-15/h7-8,13,15,26H,2-6,9-12,14H2,1H3,(H2,24,25,27,28)/t21-/m1/s1. The summed E-state index contributed by atoms with van der Waals surface area (Å²) in [5.41, 5.74) is -0.901. The number of carbonyl (C=O) groups is 2. The lowest BCUT2D eigenvalue weighted by atomic mass is 9.95. The summed E-state index contributed by atoms with van der Waals surface area (Å²) in [7, 11) is -3.53. The van der Waals surface area contributed by atoms with E-state index in [4.69, 9.17) is 4.74 Å². The molecular formula is C22H30FN3O5S. The number of urea groups is 1. The van der Waals surface area contributed by atoms with Crippen LogP contribution in [0.15, 0.2) is 18.2 Å². The van der Waals surface area contributed by atoms with E-state index in [1.807, 2.05) is 0 Å². The molecule has 1 saturated heterocycles. The van der Waals surface area contributed by atoms with Crippen molar-refractivity contribution in [3.05, 3.63) is 29.6 Å². The monoisotopic (exact) mass is 467 g/mol. The Kier molecular flexibility index (Phi) is 6.19. The largest absolute Gasteiger partial charge is 0.490 e. The first kappa shape index (κ1) is 23.0. The third kappa shape index (κ3) is 5.40. The van der Waals surface area contributed by atoms with Gasteiger partial charge in [-0.05, 0) is 69.1 Å². The molecule has 3 aliphatic rings. The molecule has 3 N–H and O–H groups in total. The van der Waals surface area contributed by atoms with E-state index in [0.29, 0.717) is 51.0 Å². The zero-order valence-corrected chi connectivity index (χ0v) is 19.0. The quantitative estimate of drug-likeness (QED) is 0.323. The van der Waals surface area contributed by atoms with Crippen molar-refractivity contribution in [3.8, 4) is 5.75 Å². The number of benzene rings is 1. The SMILES string of the molecule is C[C@]1(CCCCCS(=O)(=O)NC2(c3ccc(F)c(OCC4CC4)c3)CC2)NC(=O)NC1=O. The van der Waals surface area contributed by atoms with Crippen molar-refractivity contribution in [2.24, 2.45) is 5.92 Å². The van der Waals surface area contributed by atoms with Gasteiger partial charge < -0.3 is 10.1 Å². The number of hydrogen-bond acceptors (Lipinski definition) is 5. The van der Waals surface area contributed by atoms with Gasteiger partial charge >= 0.3 is 6.03 Å².